The van der Waals surface area contributed by atoms with Crippen LogP contribution >= 0.6 is 0 Å². The van der Waals surface area contributed by atoms with Crippen LogP contribution in [0.4, 0.5) is 11.4 Å². The van der Waals surface area contributed by atoms with Crippen molar-refractivity contribution in [1.29, 1.82) is 0 Å². The van der Waals surface area contributed by atoms with Gasteiger partial charge in [-0.1, -0.05) is 201 Å². The van der Waals surface area contributed by atoms with Crippen LogP contribution in [0.2, 0.25) is 0 Å². The van der Waals surface area contributed by atoms with E-state index in [1.165, 1.54) is 88.6 Å². The molecule has 0 aromatic heterocycles. The Labute approximate surface area is 363 Å². The van der Waals surface area contributed by atoms with E-state index in [-0.39, 0.29) is 35.8 Å². The molecule has 2 atom stereocenters. The third-order valence-electron chi connectivity index (χ3n) is 13.0. The highest BCUT2D eigenvalue weighted by atomic mass is 15.3. The van der Waals surface area contributed by atoms with Crippen molar-refractivity contribution >= 4 is 39.3 Å². The minimum Gasteiger partial charge on any atom is -0.221 e. The van der Waals surface area contributed by atoms with Gasteiger partial charge in [0.2, 0.25) is 6.34 Å². The van der Waals surface area contributed by atoms with E-state index in [9.17, 15) is 0 Å². The van der Waals surface area contributed by atoms with E-state index in [1.807, 2.05) is 0 Å². The Hall–Kier alpha value is -6.25. The van der Waals surface area contributed by atoms with Gasteiger partial charge in [-0.3, -0.25) is 0 Å². The van der Waals surface area contributed by atoms with Gasteiger partial charge in [0.05, 0.1) is 0 Å². The quantitative estimate of drug-likeness (QED) is 0.125. The first-order chi connectivity index (χ1) is 29.6. The minimum atomic E-state index is -0.000210. The highest BCUT2D eigenvalue weighted by Crippen LogP contribution is 2.52. The van der Waals surface area contributed by atoms with E-state index in [4.69, 9.17) is 0 Å². The molecule has 0 radical (unpaired) electrons. The first-order valence-electron chi connectivity index (χ1n) is 22.4. The van der Waals surface area contributed by atoms with Gasteiger partial charge in [0.15, 0.2) is 12.1 Å². The maximum Gasteiger partial charge on any atom is 0.245 e. The third-order valence-corrected chi connectivity index (χ3v) is 13.0. The summed E-state index contributed by atoms with van der Waals surface area (Å²) in [5, 5.41) is 5.13. The fourth-order valence-corrected chi connectivity index (χ4v) is 9.94. The molecule has 1 aliphatic rings. The van der Waals surface area contributed by atoms with E-state index in [0.717, 1.165) is 0 Å². The Morgan fingerprint density at radius 1 is 0.410 bits per heavy atom. The molecule has 1 heterocycles. The molecule has 0 bridgehead atoms. The van der Waals surface area contributed by atoms with Crippen molar-refractivity contribution in [3.63, 3.8) is 0 Å². The molecule has 0 fully saturated rings. The van der Waals surface area contributed by atoms with Crippen molar-refractivity contribution in [2.45, 2.75) is 91.1 Å². The zero-order valence-corrected chi connectivity index (χ0v) is 37.1. The first kappa shape index (κ1) is 40.2. The molecule has 1 aliphatic heterocycles. The summed E-state index contributed by atoms with van der Waals surface area (Å²) in [4.78, 5) is 2.68. The van der Waals surface area contributed by atoms with Crippen LogP contribution < -0.4 is 4.90 Å². The van der Waals surface area contributed by atoms with E-state index >= 15 is 0 Å². The van der Waals surface area contributed by atoms with Crippen molar-refractivity contribution in [1.82, 2.24) is 0 Å². The van der Waals surface area contributed by atoms with E-state index in [0.29, 0.717) is 0 Å². The molecule has 61 heavy (non-hydrogen) atoms. The van der Waals surface area contributed by atoms with Crippen molar-refractivity contribution in [3.8, 4) is 22.3 Å². The second-order valence-corrected chi connectivity index (χ2v) is 18.3. The van der Waals surface area contributed by atoms with Gasteiger partial charge in [-0.15, -0.1) is 0 Å². The van der Waals surface area contributed by atoms with Gasteiger partial charge < -0.3 is 0 Å². The largest absolute Gasteiger partial charge is 0.245 e. The van der Waals surface area contributed by atoms with Crippen LogP contribution in [0, 0.1) is 0 Å². The zero-order valence-electron chi connectivity index (χ0n) is 37.1. The van der Waals surface area contributed by atoms with Gasteiger partial charge in [0.1, 0.15) is 11.4 Å². The monoisotopic (exact) mass is 795 g/mol. The smallest absolute Gasteiger partial charge is 0.221 e. The van der Waals surface area contributed by atoms with Crippen LogP contribution in [0.15, 0.2) is 170 Å². The molecule has 0 spiro atoms. The summed E-state index contributed by atoms with van der Waals surface area (Å²) in [6.07, 6.45) is 2.50. The van der Waals surface area contributed by atoms with Crippen molar-refractivity contribution in [3.05, 3.63) is 203 Å². The number of hydrogen-bond donors (Lipinski definition) is 0. The highest BCUT2D eigenvalue weighted by Gasteiger charge is 2.48. The number of fused-ring (bicyclic) bond motifs is 2. The molecule has 8 aromatic carbocycles. The number of nitrogens with zero attached hydrogens (tertiary/aromatic N) is 2. The number of anilines is 1. The predicted molar refractivity (Wildman–Crippen MR) is 262 cm³/mol. The summed E-state index contributed by atoms with van der Waals surface area (Å²) in [6.45, 7) is 19.0. The fourth-order valence-electron chi connectivity index (χ4n) is 9.94. The molecule has 0 aliphatic carbocycles. The number of hydrogen-bond acceptors (Lipinski definition) is 1. The molecular formula is C59H59N2+. The molecule has 0 unspecified atom stereocenters. The maximum absolute atomic E-state index is 2.68. The second-order valence-electron chi connectivity index (χ2n) is 18.3. The molecular weight excluding hydrogens is 737 g/mol. The summed E-state index contributed by atoms with van der Waals surface area (Å²) >= 11 is 0. The normalized spacial score (nSPS) is 15.5. The highest BCUT2D eigenvalue weighted by molar-refractivity contribution is 5.99. The van der Waals surface area contributed by atoms with Gasteiger partial charge in [0, 0.05) is 33.4 Å². The lowest BCUT2D eigenvalue weighted by atomic mass is 9.84. The fraction of sp³-hybridized carbons (Fsp3) is 0.237. The Kier molecular flexibility index (Phi) is 11.0. The molecule has 0 N–H and O–H groups in total. The van der Waals surface area contributed by atoms with Gasteiger partial charge in [-0.05, 0) is 91.7 Å². The summed E-state index contributed by atoms with van der Waals surface area (Å²) in [5.74, 6) is 1.14. The lowest BCUT2D eigenvalue weighted by Crippen LogP contribution is -2.28. The summed E-state index contributed by atoms with van der Waals surface area (Å²) in [6, 6.07) is 63.6. The van der Waals surface area contributed by atoms with E-state index < -0.39 is 0 Å². The summed E-state index contributed by atoms with van der Waals surface area (Å²) in [5.41, 5.74) is 15.9. The van der Waals surface area contributed by atoms with Crippen molar-refractivity contribution in [2.75, 3.05) is 4.90 Å². The summed E-state index contributed by atoms with van der Waals surface area (Å²) < 4.78 is 2.68. The standard InChI is InChI=1S/C59H59N2/c1-38(2)52-33-46(50-31-19-27-42-21-15-17-29-48(42)50)34-53(39(3)4)58(52)60-37-61(57(45-25-13-10-14-26-45)56(60)44-23-11-9-12-24-44)59-54(40(5)6)35-47(36-55(59)41(7)8)51-32-20-28-43-22-16-18-30-49(43)51/h9-41,56-57H,1-8H3/q+1/t56-,57-/m1/s1. The third kappa shape index (κ3) is 7.37. The minimum absolute atomic E-state index is 0.000210. The van der Waals surface area contributed by atoms with Crippen LogP contribution in [0.5, 0.6) is 0 Å². The van der Waals surface area contributed by atoms with Crippen LogP contribution in [-0.4, -0.2) is 10.9 Å². The van der Waals surface area contributed by atoms with Crippen LogP contribution in [-0.2, 0) is 0 Å². The summed E-state index contributed by atoms with van der Waals surface area (Å²) in [7, 11) is 0. The van der Waals surface area contributed by atoms with Gasteiger partial charge in [-0.25, -0.2) is 9.48 Å². The van der Waals surface area contributed by atoms with Crippen LogP contribution in [0.3, 0.4) is 0 Å². The molecule has 0 saturated carbocycles. The topological polar surface area (TPSA) is 6.25 Å². The molecule has 2 heteroatoms. The Balaban J connectivity index is 1.35. The van der Waals surface area contributed by atoms with Gasteiger partial charge in [-0.2, -0.15) is 0 Å². The molecule has 2 nitrogen and oxygen atoms in total. The number of rotatable bonds is 10. The molecule has 304 valence electrons. The van der Waals surface area contributed by atoms with E-state index in [1.54, 1.807) is 0 Å². The Morgan fingerprint density at radius 3 is 1.26 bits per heavy atom. The molecule has 0 saturated heterocycles. The predicted octanol–water partition coefficient (Wildman–Crippen LogP) is 16.5. The SMILES string of the molecule is CC(C)c1cc(-c2cccc3ccccc23)cc(C(C)C)c1N1C=[N+](c2c(C(C)C)cc(-c3cccc4ccccc34)cc2C(C)C)[C@H](c2ccccc2)[C@H]1c1ccccc1. The molecule has 8 aromatic rings. The van der Waals surface area contributed by atoms with Crippen molar-refractivity contribution < 1.29 is 4.58 Å². The lowest BCUT2D eigenvalue weighted by Gasteiger charge is -2.29. The second kappa shape index (κ2) is 16.7. The lowest BCUT2D eigenvalue weighted by molar-refractivity contribution is -0.482. The first-order valence-corrected chi connectivity index (χ1v) is 22.4. The van der Waals surface area contributed by atoms with Crippen LogP contribution in [0.1, 0.15) is 125 Å². The average Bonchev–Trinajstić information content (AvgIpc) is 3.68. The van der Waals surface area contributed by atoms with E-state index in [2.05, 4.69) is 241 Å². The van der Waals surface area contributed by atoms with Gasteiger partial charge in [0.25, 0.3) is 0 Å². The molecule has 0 amide bonds. The Bertz CT molecular complexity index is 2810. The average molecular weight is 796 g/mol. The molecule has 9 rings (SSSR count). The Morgan fingerprint density at radius 2 is 0.803 bits per heavy atom. The number of benzene rings is 8. The van der Waals surface area contributed by atoms with Crippen molar-refractivity contribution in [2.24, 2.45) is 0 Å². The maximum atomic E-state index is 2.68. The zero-order chi connectivity index (χ0) is 42.4. The van der Waals surface area contributed by atoms with Gasteiger partial charge >= 0.3 is 0 Å². The van der Waals surface area contributed by atoms with Crippen LogP contribution in [0.25, 0.3) is 43.8 Å².